The van der Waals surface area contributed by atoms with Crippen molar-refractivity contribution in [3.8, 4) is 0 Å². The van der Waals surface area contributed by atoms with Gasteiger partial charge >= 0.3 is 11.9 Å². The van der Waals surface area contributed by atoms with E-state index >= 15 is 0 Å². The fourth-order valence-electron chi connectivity index (χ4n) is 1.15. The highest BCUT2D eigenvalue weighted by Gasteiger charge is 2.33. The Kier molecular flexibility index (Phi) is 7.53. The van der Waals surface area contributed by atoms with Gasteiger partial charge in [-0.1, -0.05) is 6.92 Å². The molecule has 0 bridgehead atoms. The molecule has 0 saturated carbocycles. The lowest BCUT2D eigenvalue weighted by molar-refractivity contribution is -0.157. The van der Waals surface area contributed by atoms with Gasteiger partial charge in [0.15, 0.2) is 0 Å². The summed E-state index contributed by atoms with van der Waals surface area (Å²) in [5, 5.41) is 0. The molecule has 1 N–H and O–H groups in total. The van der Waals surface area contributed by atoms with Gasteiger partial charge in [0.2, 0.25) is 16.1 Å². The lowest BCUT2D eigenvalue weighted by atomic mass is 10.3. The van der Waals surface area contributed by atoms with Crippen LogP contribution in [0.25, 0.3) is 0 Å². The van der Waals surface area contributed by atoms with E-state index in [4.69, 9.17) is 0 Å². The SMILES string of the molecule is CCCS(=O)(=O)NC(C(=O)OCC)C(=O)OCC. The van der Waals surface area contributed by atoms with E-state index < -0.39 is 28.0 Å². The molecule has 8 heteroatoms. The Bertz CT molecular complexity index is 360. The lowest BCUT2D eigenvalue weighted by Gasteiger charge is -2.15. The summed E-state index contributed by atoms with van der Waals surface area (Å²) >= 11 is 0. The van der Waals surface area contributed by atoms with Crippen molar-refractivity contribution >= 4 is 22.0 Å². The van der Waals surface area contributed by atoms with Gasteiger partial charge in [-0.2, -0.15) is 4.72 Å². The molecule has 0 heterocycles. The molecule has 0 aliphatic heterocycles. The van der Waals surface area contributed by atoms with Crippen molar-refractivity contribution in [1.82, 2.24) is 4.72 Å². The van der Waals surface area contributed by atoms with Gasteiger partial charge in [-0.05, 0) is 20.3 Å². The Hall–Kier alpha value is -1.15. The summed E-state index contributed by atoms with van der Waals surface area (Å²) in [4.78, 5) is 23.0. The first-order valence-corrected chi connectivity index (χ1v) is 7.36. The van der Waals surface area contributed by atoms with Gasteiger partial charge in [0, 0.05) is 0 Å². The van der Waals surface area contributed by atoms with Crippen LogP contribution in [0, 0.1) is 0 Å². The molecule has 0 aliphatic carbocycles. The fourth-order valence-corrected chi connectivity index (χ4v) is 2.36. The van der Waals surface area contributed by atoms with Gasteiger partial charge in [-0.25, -0.2) is 18.0 Å². The Morgan fingerprint density at radius 1 is 1.06 bits per heavy atom. The molecule has 0 fully saturated rings. The van der Waals surface area contributed by atoms with Crippen molar-refractivity contribution in [3.63, 3.8) is 0 Å². The number of nitrogens with one attached hydrogen (secondary N) is 1. The van der Waals surface area contributed by atoms with E-state index in [0.29, 0.717) is 6.42 Å². The largest absolute Gasteiger partial charge is 0.464 e. The van der Waals surface area contributed by atoms with Crippen molar-refractivity contribution in [2.45, 2.75) is 33.2 Å². The summed E-state index contributed by atoms with van der Waals surface area (Å²) in [6.07, 6.45) is 0.369. The van der Waals surface area contributed by atoms with Crippen LogP contribution >= 0.6 is 0 Å². The van der Waals surface area contributed by atoms with Crippen LogP contribution in [0.1, 0.15) is 27.2 Å². The third-order valence-electron chi connectivity index (χ3n) is 1.81. The molecule has 0 aromatic rings. The van der Waals surface area contributed by atoms with Gasteiger partial charge in [-0.15, -0.1) is 0 Å². The molecule has 0 amide bonds. The molecule has 0 unspecified atom stereocenters. The van der Waals surface area contributed by atoms with E-state index in [2.05, 4.69) is 9.47 Å². The monoisotopic (exact) mass is 281 g/mol. The third-order valence-corrected chi connectivity index (χ3v) is 3.36. The van der Waals surface area contributed by atoms with Crippen LogP contribution in [0.4, 0.5) is 0 Å². The summed E-state index contributed by atoms with van der Waals surface area (Å²) < 4.78 is 34.3. The summed E-state index contributed by atoms with van der Waals surface area (Å²) in [6, 6.07) is -1.64. The van der Waals surface area contributed by atoms with Crippen molar-refractivity contribution in [3.05, 3.63) is 0 Å². The number of rotatable bonds is 8. The molecular weight excluding hydrogens is 262 g/mol. The van der Waals surface area contributed by atoms with E-state index in [1.54, 1.807) is 20.8 Å². The van der Waals surface area contributed by atoms with Crippen LogP contribution in [0.15, 0.2) is 0 Å². The van der Waals surface area contributed by atoms with Crippen LogP contribution in [0.3, 0.4) is 0 Å². The molecule has 0 atom stereocenters. The zero-order valence-electron chi connectivity index (χ0n) is 10.8. The molecule has 18 heavy (non-hydrogen) atoms. The van der Waals surface area contributed by atoms with E-state index in [-0.39, 0.29) is 19.0 Å². The Morgan fingerprint density at radius 2 is 1.50 bits per heavy atom. The van der Waals surface area contributed by atoms with Crippen LogP contribution in [0.2, 0.25) is 0 Å². The average molecular weight is 281 g/mol. The number of esters is 2. The second-order valence-corrected chi connectivity index (χ2v) is 5.25. The number of carbonyl (C=O) groups excluding carboxylic acids is 2. The van der Waals surface area contributed by atoms with Crippen molar-refractivity contribution in [1.29, 1.82) is 0 Å². The molecule has 0 aromatic carbocycles. The lowest BCUT2D eigenvalue weighted by Crippen LogP contribution is -2.48. The quantitative estimate of drug-likeness (QED) is 0.489. The van der Waals surface area contributed by atoms with E-state index in [9.17, 15) is 18.0 Å². The molecule has 0 rings (SSSR count). The Labute approximate surface area is 107 Å². The zero-order chi connectivity index (χ0) is 14.2. The first-order chi connectivity index (χ1) is 8.37. The minimum atomic E-state index is -3.71. The molecular formula is C10H19NO6S. The minimum Gasteiger partial charge on any atom is -0.464 e. The van der Waals surface area contributed by atoms with Crippen LogP contribution in [0.5, 0.6) is 0 Å². The Morgan fingerprint density at radius 3 is 1.83 bits per heavy atom. The first-order valence-electron chi connectivity index (χ1n) is 5.71. The standard InChI is InChI=1S/C10H19NO6S/c1-4-7-18(14,15)11-8(9(12)16-5-2)10(13)17-6-3/h8,11H,4-7H2,1-3H3. The predicted molar refractivity (Wildman–Crippen MR) is 64.3 cm³/mol. The highest BCUT2D eigenvalue weighted by Crippen LogP contribution is 1.99. The molecule has 0 saturated heterocycles. The number of hydrogen-bond donors (Lipinski definition) is 1. The van der Waals surface area contributed by atoms with Gasteiger partial charge in [0.05, 0.1) is 19.0 Å². The topological polar surface area (TPSA) is 98.8 Å². The maximum Gasteiger partial charge on any atom is 0.335 e. The zero-order valence-corrected chi connectivity index (χ0v) is 11.6. The van der Waals surface area contributed by atoms with Gasteiger partial charge in [0.25, 0.3) is 0 Å². The highest BCUT2D eigenvalue weighted by atomic mass is 32.2. The third kappa shape index (κ3) is 5.97. The Balaban J connectivity index is 4.88. The van der Waals surface area contributed by atoms with Crippen LogP contribution in [-0.2, 0) is 29.1 Å². The van der Waals surface area contributed by atoms with Crippen LogP contribution in [-0.4, -0.2) is 45.4 Å². The number of sulfonamides is 1. The highest BCUT2D eigenvalue weighted by molar-refractivity contribution is 7.89. The number of hydrogen-bond acceptors (Lipinski definition) is 6. The first kappa shape index (κ1) is 16.9. The normalized spacial score (nSPS) is 11.3. The smallest absolute Gasteiger partial charge is 0.335 e. The predicted octanol–water partition coefficient (Wildman–Crippen LogP) is -0.189. The van der Waals surface area contributed by atoms with E-state index in [1.807, 2.05) is 4.72 Å². The van der Waals surface area contributed by atoms with Crippen molar-refractivity contribution in [2.24, 2.45) is 0 Å². The van der Waals surface area contributed by atoms with E-state index in [1.165, 1.54) is 0 Å². The summed E-state index contributed by atoms with van der Waals surface area (Å²) in [5.41, 5.74) is 0. The number of ether oxygens (including phenoxy) is 2. The molecule has 0 aliphatic rings. The average Bonchev–Trinajstić information content (AvgIpc) is 2.26. The molecule has 0 spiro atoms. The molecule has 106 valence electrons. The fraction of sp³-hybridized carbons (Fsp3) is 0.800. The molecule has 0 aromatic heterocycles. The maximum atomic E-state index is 11.5. The molecule has 0 radical (unpaired) electrons. The van der Waals surface area contributed by atoms with Gasteiger partial charge < -0.3 is 9.47 Å². The second-order valence-electron chi connectivity index (χ2n) is 3.37. The number of carbonyl (C=O) groups is 2. The van der Waals surface area contributed by atoms with Gasteiger partial charge in [0.1, 0.15) is 0 Å². The molecule has 7 nitrogen and oxygen atoms in total. The van der Waals surface area contributed by atoms with Crippen LogP contribution < -0.4 is 4.72 Å². The summed E-state index contributed by atoms with van der Waals surface area (Å²) in [7, 11) is -3.71. The summed E-state index contributed by atoms with van der Waals surface area (Å²) in [6.45, 7) is 4.87. The van der Waals surface area contributed by atoms with E-state index in [0.717, 1.165) is 0 Å². The second kappa shape index (κ2) is 8.04. The van der Waals surface area contributed by atoms with Gasteiger partial charge in [-0.3, -0.25) is 0 Å². The van der Waals surface area contributed by atoms with Crippen molar-refractivity contribution < 1.29 is 27.5 Å². The summed E-state index contributed by atoms with van der Waals surface area (Å²) in [5.74, 6) is -2.10. The maximum absolute atomic E-state index is 11.5. The van der Waals surface area contributed by atoms with Crippen molar-refractivity contribution in [2.75, 3.05) is 19.0 Å². The minimum absolute atomic E-state index is 0.0459.